The van der Waals surface area contributed by atoms with Crippen molar-refractivity contribution in [1.29, 1.82) is 0 Å². The van der Waals surface area contributed by atoms with Crippen LogP contribution in [0.4, 0.5) is 8.78 Å². The van der Waals surface area contributed by atoms with E-state index in [1.807, 2.05) is 13.8 Å². The number of benzene rings is 1. The van der Waals surface area contributed by atoms with Crippen molar-refractivity contribution in [3.05, 3.63) is 27.7 Å². The van der Waals surface area contributed by atoms with Crippen molar-refractivity contribution in [3.63, 3.8) is 0 Å². The molecule has 1 aromatic rings. The molecule has 0 atom stereocenters. The first-order valence-electron chi connectivity index (χ1n) is 6.13. The molecule has 0 aliphatic rings. The predicted molar refractivity (Wildman–Crippen MR) is 79.6 cm³/mol. The molecular weight excluding hydrogens is 345 g/mol. The Bertz CT molecular complexity index is 595. The van der Waals surface area contributed by atoms with E-state index in [9.17, 15) is 17.2 Å². The van der Waals surface area contributed by atoms with E-state index >= 15 is 0 Å². The van der Waals surface area contributed by atoms with E-state index in [-0.39, 0.29) is 22.5 Å². The molecule has 0 radical (unpaired) electrons. The van der Waals surface area contributed by atoms with Gasteiger partial charge >= 0.3 is 0 Å². The second-order valence-corrected chi connectivity index (χ2v) is 7.14. The summed E-state index contributed by atoms with van der Waals surface area (Å²) in [5, 5.41) is 3.30. The van der Waals surface area contributed by atoms with Crippen molar-refractivity contribution in [1.82, 2.24) is 10.0 Å². The lowest BCUT2D eigenvalue weighted by Gasteiger charge is -2.14. The van der Waals surface area contributed by atoms with Gasteiger partial charge < -0.3 is 5.32 Å². The third-order valence-electron chi connectivity index (χ3n) is 2.55. The summed E-state index contributed by atoms with van der Waals surface area (Å²) in [6.07, 6.45) is -2.78. The summed E-state index contributed by atoms with van der Waals surface area (Å²) in [6, 6.07) is 2.72. The van der Waals surface area contributed by atoms with Crippen LogP contribution < -0.4 is 10.0 Å². The average molecular weight is 361 g/mol. The Morgan fingerprint density at radius 3 is 2.38 bits per heavy atom. The highest BCUT2D eigenvalue weighted by molar-refractivity contribution is 7.89. The van der Waals surface area contributed by atoms with Crippen LogP contribution in [0.2, 0.25) is 10.0 Å². The Balaban J connectivity index is 3.11. The number of nitrogens with one attached hydrogen (secondary N) is 2. The highest BCUT2D eigenvalue weighted by Gasteiger charge is 2.22. The molecule has 0 fully saturated rings. The van der Waals surface area contributed by atoms with Crippen molar-refractivity contribution >= 4 is 33.2 Å². The minimum Gasteiger partial charge on any atom is -0.310 e. The third-order valence-corrected chi connectivity index (χ3v) is 4.92. The summed E-state index contributed by atoms with van der Waals surface area (Å²) < 4.78 is 50.0. The molecule has 9 heteroatoms. The number of alkyl halides is 2. The topological polar surface area (TPSA) is 58.2 Å². The van der Waals surface area contributed by atoms with E-state index in [0.29, 0.717) is 10.6 Å². The summed E-state index contributed by atoms with van der Waals surface area (Å²) in [4.78, 5) is -0.269. The SMILES string of the molecule is CC(C)NCc1c(Cl)ccc(S(=O)(=O)NCC(F)F)c1Cl. The van der Waals surface area contributed by atoms with Crippen LogP contribution in [0.1, 0.15) is 19.4 Å². The number of hydrogen-bond donors (Lipinski definition) is 2. The second kappa shape index (κ2) is 7.69. The third kappa shape index (κ3) is 5.34. The molecule has 0 aliphatic carbocycles. The molecule has 120 valence electrons. The number of halogens is 4. The monoisotopic (exact) mass is 360 g/mol. The van der Waals surface area contributed by atoms with Gasteiger partial charge in [0.05, 0.1) is 11.6 Å². The van der Waals surface area contributed by atoms with E-state index in [2.05, 4.69) is 5.32 Å². The van der Waals surface area contributed by atoms with Crippen molar-refractivity contribution in [2.45, 2.75) is 37.8 Å². The largest absolute Gasteiger partial charge is 0.310 e. The molecular formula is C12H16Cl2F2N2O2S. The molecule has 0 heterocycles. The number of sulfonamides is 1. The molecule has 2 N–H and O–H groups in total. The molecule has 1 rings (SSSR count). The van der Waals surface area contributed by atoms with Crippen molar-refractivity contribution in [2.75, 3.05) is 6.54 Å². The van der Waals surface area contributed by atoms with Gasteiger partial charge in [0.25, 0.3) is 6.43 Å². The zero-order valence-corrected chi connectivity index (χ0v) is 13.8. The lowest BCUT2D eigenvalue weighted by atomic mass is 10.2. The lowest BCUT2D eigenvalue weighted by molar-refractivity contribution is 0.153. The fourth-order valence-electron chi connectivity index (χ4n) is 1.50. The van der Waals surface area contributed by atoms with Gasteiger partial charge in [-0.3, -0.25) is 0 Å². The van der Waals surface area contributed by atoms with Gasteiger partial charge in [-0.15, -0.1) is 0 Å². The van der Waals surface area contributed by atoms with E-state index in [1.54, 1.807) is 4.72 Å². The fourth-order valence-corrected chi connectivity index (χ4v) is 3.42. The quantitative estimate of drug-likeness (QED) is 0.785. The molecule has 0 amide bonds. The Kier molecular flexibility index (Phi) is 6.80. The number of rotatable bonds is 7. The summed E-state index contributed by atoms with van der Waals surface area (Å²) in [6.45, 7) is 3.12. The summed E-state index contributed by atoms with van der Waals surface area (Å²) >= 11 is 12.1. The van der Waals surface area contributed by atoms with Crippen LogP contribution in [0.5, 0.6) is 0 Å². The minimum absolute atomic E-state index is 0.0718. The summed E-state index contributed by atoms with van der Waals surface area (Å²) in [5.74, 6) is 0. The van der Waals surface area contributed by atoms with Gasteiger partial charge in [-0.1, -0.05) is 37.0 Å². The first-order chi connectivity index (χ1) is 9.65. The summed E-state index contributed by atoms with van der Waals surface area (Å²) in [7, 11) is -4.11. The van der Waals surface area contributed by atoms with Crippen LogP contribution in [-0.4, -0.2) is 27.4 Å². The highest BCUT2D eigenvalue weighted by atomic mass is 35.5. The van der Waals surface area contributed by atoms with Gasteiger partial charge in [-0.05, 0) is 12.1 Å². The van der Waals surface area contributed by atoms with Crippen LogP contribution in [0.15, 0.2) is 17.0 Å². The van der Waals surface area contributed by atoms with Gasteiger partial charge in [0.15, 0.2) is 0 Å². The molecule has 0 aromatic heterocycles. The van der Waals surface area contributed by atoms with E-state index in [4.69, 9.17) is 23.2 Å². The highest BCUT2D eigenvalue weighted by Crippen LogP contribution is 2.31. The Morgan fingerprint density at radius 1 is 1.24 bits per heavy atom. The average Bonchev–Trinajstić information content (AvgIpc) is 2.35. The van der Waals surface area contributed by atoms with Gasteiger partial charge in [-0.2, -0.15) is 0 Å². The van der Waals surface area contributed by atoms with Crippen molar-refractivity contribution in [3.8, 4) is 0 Å². The van der Waals surface area contributed by atoms with Crippen molar-refractivity contribution < 1.29 is 17.2 Å². The van der Waals surface area contributed by atoms with Crippen LogP contribution in [-0.2, 0) is 16.6 Å². The lowest BCUT2D eigenvalue weighted by Crippen LogP contribution is -2.29. The van der Waals surface area contributed by atoms with Crippen LogP contribution in [0.3, 0.4) is 0 Å². The number of hydrogen-bond acceptors (Lipinski definition) is 3. The van der Waals surface area contributed by atoms with E-state index in [0.717, 1.165) is 0 Å². The molecule has 0 saturated heterocycles. The van der Waals surface area contributed by atoms with E-state index < -0.39 is 23.0 Å². The van der Waals surface area contributed by atoms with E-state index in [1.165, 1.54) is 12.1 Å². The Labute approximate surface area is 132 Å². The van der Waals surface area contributed by atoms with Gasteiger partial charge in [-0.25, -0.2) is 21.9 Å². The zero-order valence-electron chi connectivity index (χ0n) is 11.5. The van der Waals surface area contributed by atoms with Crippen LogP contribution in [0.25, 0.3) is 0 Å². The first kappa shape index (κ1) is 18.6. The Hall–Kier alpha value is -0.470. The smallest absolute Gasteiger partial charge is 0.251 e. The van der Waals surface area contributed by atoms with Gasteiger partial charge in [0, 0.05) is 23.2 Å². The molecule has 0 unspecified atom stereocenters. The van der Waals surface area contributed by atoms with Crippen LogP contribution >= 0.6 is 23.2 Å². The Morgan fingerprint density at radius 2 is 1.86 bits per heavy atom. The van der Waals surface area contributed by atoms with Crippen molar-refractivity contribution in [2.24, 2.45) is 0 Å². The molecule has 0 bridgehead atoms. The molecule has 0 aliphatic heterocycles. The normalized spacial score (nSPS) is 12.4. The van der Waals surface area contributed by atoms with Crippen LogP contribution in [0, 0.1) is 0 Å². The fraction of sp³-hybridized carbons (Fsp3) is 0.500. The second-order valence-electron chi connectivity index (χ2n) is 4.62. The molecule has 0 spiro atoms. The maximum Gasteiger partial charge on any atom is 0.251 e. The predicted octanol–water partition coefficient (Wildman–Crippen LogP) is 3.03. The van der Waals surface area contributed by atoms with Gasteiger partial charge in [0.1, 0.15) is 4.90 Å². The standard InChI is InChI=1S/C12H16Cl2F2N2O2S/c1-7(2)17-5-8-9(13)3-4-10(12(8)14)21(19,20)18-6-11(15)16/h3-4,7,11,17-18H,5-6H2,1-2H3. The molecule has 4 nitrogen and oxygen atoms in total. The molecule has 0 saturated carbocycles. The van der Waals surface area contributed by atoms with Gasteiger partial charge in [0.2, 0.25) is 10.0 Å². The maximum absolute atomic E-state index is 12.1. The summed E-state index contributed by atoms with van der Waals surface area (Å²) in [5.41, 5.74) is 0.409. The first-order valence-corrected chi connectivity index (χ1v) is 8.37. The zero-order chi connectivity index (χ0) is 16.2. The molecule has 21 heavy (non-hydrogen) atoms. The molecule has 1 aromatic carbocycles. The minimum atomic E-state index is -4.11. The maximum atomic E-state index is 12.1.